The monoisotopic (exact) mass is 297 g/mol. The normalized spacial score (nSPS) is 29.1. The lowest BCUT2D eigenvalue weighted by Crippen LogP contribution is -2.35. The molecule has 0 bridgehead atoms. The summed E-state index contributed by atoms with van der Waals surface area (Å²) in [5.41, 5.74) is 0.101. The Balaban J connectivity index is 0.000000246. The lowest BCUT2D eigenvalue weighted by molar-refractivity contribution is -0.192. The van der Waals surface area contributed by atoms with Gasteiger partial charge in [-0.05, 0) is 30.7 Å². The molecule has 1 aliphatic heterocycles. The molecule has 116 valence electrons. The molecular weight excluding hydrogens is 279 g/mol. The van der Waals surface area contributed by atoms with Crippen molar-refractivity contribution in [3.8, 4) is 0 Å². The Morgan fingerprint density at radius 3 is 2.35 bits per heavy atom. The molecule has 0 aromatic rings. The molecule has 0 radical (unpaired) electrons. The average Bonchev–Trinajstić information content (AvgIpc) is 2.70. The number of carboxylic acids is 2. The Morgan fingerprint density at radius 1 is 1.25 bits per heavy atom. The van der Waals surface area contributed by atoms with Crippen molar-refractivity contribution in [1.82, 2.24) is 5.32 Å². The van der Waals surface area contributed by atoms with Crippen LogP contribution in [0.2, 0.25) is 0 Å². The van der Waals surface area contributed by atoms with Crippen molar-refractivity contribution in [2.45, 2.75) is 38.3 Å². The van der Waals surface area contributed by atoms with Crippen molar-refractivity contribution < 1.29 is 33.0 Å². The first-order valence-corrected chi connectivity index (χ1v) is 6.40. The van der Waals surface area contributed by atoms with Gasteiger partial charge in [-0.1, -0.05) is 12.8 Å². The fraction of sp³-hybridized carbons (Fsp3) is 0.833. The third kappa shape index (κ3) is 4.36. The number of carboxylic acid groups (broad SMARTS) is 2. The quantitative estimate of drug-likeness (QED) is 0.724. The van der Waals surface area contributed by atoms with Crippen molar-refractivity contribution >= 4 is 11.9 Å². The number of aliphatic carboxylic acids is 2. The maximum Gasteiger partial charge on any atom is 0.490 e. The van der Waals surface area contributed by atoms with Crippen LogP contribution >= 0.6 is 0 Å². The molecule has 8 heteroatoms. The topological polar surface area (TPSA) is 86.6 Å². The molecule has 3 N–H and O–H groups in total. The van der Waals surface area contributed by atoms with Gasteiger partial charge in [-0.2, -0.15) is 13.2 Å². The van der Waals surface area contributed by atoms with Crippen molar-refractivity contribution in [2.75, 3.05) is 13.1 Å². The van der Waals surface area contributed by atoms with Gasteiger partial charge in [0.25, 0.3) is 0 Å². The second-order valence-electron chi connectivity index (χ2n) is 5.31. The van der Waals surface area contributed by atoms with Gasteiger partial charge in [0.1, 0.15) is 0 Å². The van der Waals surface area contributed by atoms with E-state index in [4.69, 9.17) is 15.0 Å². The van der Waals surface area contributed by atoms with Gasteiger partial charge >= 0.3 is 18.1 Å². The minimum Gasteiger partial charge on any atom is -0.481 e. The molecule has 1 saturated carbocycles. The zero-order valence-electron chi connectivity index (χ0n) is 10.9. The van der Waals surface area contributed by atoms with E-state index in [1.165, 1.54) is 19.3 Å². The molecule has 1 saturated heterocycles. The van der Waals surface area contributed by atoms with E-state index >= 15 is 0 Å². The van der Waals surface area contributed by atoms with Gasteiger partial charge < -0.3 is 15.5 Å². The molecule has 2 atom stereocenters. The van der Waals surface area contributed by atoms with Crippen LogP contribution in [0.5, 0.6) is 0 Å². The molecule has 0 aromatic carbocycles. The number of rotatable bonds is 2. The van der Waals surface area contributed by atoms with Gasteiger partial charge in [0.05, 0.1) is 6.42 Å². The molecule has 0 aromatic heterocycles. The van der Waals surface area contributed by atoms with Crippen LogP contribution in [0.3, 0.4) is 0 Å². The zero-order chi connectivity index (χ0) is 15.4. The van der Waals surface area contributed by atoms with Crippen LogP contribution < -0.4 is 5.32 Å². The molecular formula is C12H18F3NO4. The van der Waals surface area contributed by atoms with E-state index < -0.39 is 18.1 Å². The Hall–Kier alpha value is -1.31. The summed E-state index contributed by atoms with van der Waals surface area (Å²) in [6.45, 7) is 1.96. The third-order valence-electron chi connectivity index (χ3n) is 3.96. The fourth-order valence-electron chi connectivity index (χ4n) is 3.02. The van der Waals surface area contributed by atoms with E-state index in [2.05, 4.69) is 5.32 Å². The summed E-state index contributed by atoms with van der Waals surface area (Å²) in [6.07, 6.45) is 0.112. The predicted molar refractivity (Wildman–Crippen MR) is 63.2 cm³/mol. The van der Waals surface area contributed by atoms with Crippen LogP contribution in [0.15, 0.2) is 0 Å². The molecule has 2 aliphatic rings. The highest BCUT2D eigenvalue weighted by molar-refractivity contribution is 5.73. The standard InChI is InChI=1S/C10H17NO2.C2HF3O2/c12-9(13)5-10-4-2-1-3-8(10)6-11-7-10;3-2(4,5)1(6)7/h8,11H,1-7H2,(H,12,13);(H,6,7)/t8-,10-;/m0./s1. The first-order valence-electron chi connectivity index (χ1n) is 6.40. The number of nitrogens with one attached hydrogen (secondary N) is 1. The van der Waals surface area contributed by atoms with Crippen molar-refractivity contribution in [1.29, 1.82) is 0 Å². The molecule has 1 aliphatic carbocycles. The zero-order valence-corrected chi connectivity index (χ0v) is 10.9. The van der Waals surface area contributed by atoms with Crippen LogP contribution in [0.1, 0.15) is 32.1 Å². The summed E-state index contributed by atoms with van der Waals surface area (Å²) < 4.78 is 31.7. The molecule has 2 fully saturated rings. The molecule has 1 heterocycles. The van der Waals surface area contributed by atoms with Crippen LogP contribution in [-0.4, -0.2) is 41.4 Å². The number of carbonyl (C=O) groups is 2. The molecule has 5 nitrogen and oxygen atoms in total. The average molecular weight is 297 g/mol. The number of halogens is 3. The van der Waals surface area contributed by atoms with E-state index in [1.54, 1.807) is 0 Å². The van der Waals surface area contributed by atoms with Crippen LogP contribution in [0.25, 0.3) is 0 Å². The van der Waals surface area contributed by atoms with Gasteiger partial charge in [-0.3, -0.25) is 4.79 Å². The summed E-state index contributed by atoms with van der Waals surface area (Å²) in [7, 11) is 0. The first-order chi connectivity index (χ1) is 9.17. The summed E-state index contributed by atoms with van der Waals surface area (Å²) in [5, 5.41) is 19.4. The molecule has 0 amide bonds. The first kappa shape index (κ1) is 16.7. The van der Waals surface area contributed by atoms with Gasteiger partial charge in [0.2, 0.25) is 0 Å². The SMILES string of the molecule is O=C(O)C(F)(F)F.O=C(O)C[C@]12CCCC[C@H]1CNC2. The Labute approximate surface area is 114 Å². The second kappa shape index (κ2) is 6.43. The highest BCUT2D eigenvalue weighted by atomic mass is 19.4. The molecule has 0 spiro atoms. The van der Waals surface area contributed by atoms with Crippen molar-refractivity contribution in [3.63, 3.8) is 0 Å². The van der Waals surface area contributed by atoms with E-state index in [9.17, 15) is 18.0 Å². The summed E-state index contributed by atoms with van der Waals surface area (Å²) in [6, 6.07) is 0. The minimum atomic E-state index is -5.08. The third-order valence-corrected chi connectivity index (χ3v) is 3.96. The smallest absolute Gasteiger partial charge is 0.481 e. The maximum absolute atomic E-state index is 10.8. The highest BCUT2D eigenvalue weighted by Crippen LogP contribution is 2.46. The number of alkyl halides is 3. The minimum absolute atomic E-state index is 0.101. The fourth-order valence-corrected chi connectivity index (χ4v) is 3.02. The molecule has 0 unspecified atom stereocenters. The van der Waals surface area contributed by atoms with Gasteiger partial charge in [-0.25, -0.2) is 4.79 Å². The summed E-state index contributed by atoms with van der Waals surface area (Å²) >= 11 is 0. The van der Waals surface area contributed by atoms with E-state index in [-0.39, 0.29) is 5.41 Å². The highest BCUT2D eigenvalue weighted by Gasteiger charge is 2.45. The number of hydrogen-bond acceptors (Lipinski definition) is 3. The molecule has 20 heavy (non-hydrogen) atoms. The van der Waals surface area contributed by atoms with Gasteiger partial charge in [0.15, 0.2) is 0 Å². The predicted octanol–water partition coefficient (Wildman–Crippen LogP) is 1.87. The van der Waals surface area contributed by atoms with Gasteiger partial charge in [-0.15, -0.1) is 0 Å². The number of fused-ring (bicyclic) bond motifs is 1. The van der Waals surface area contributed by atoms with Crippen molar-refractivity contribution in [2.24, 2.45) is 11.3 Å². The van der Waals surface area contributed by atoms with Crippen molar-refractivity contribution in [3.05, 3.63) is 0 Å². The Morgan fingerprint density at radius 2 is 1.85 bits per heavy atom. The lowest BCUT2D eigenvalue weighted by Gasteiger charge is -2.37. The van der Waals surface area contributed by atoms with E-state index in [0.29, 0.717) is 12.3 Å². The number of hydrogen-bond donors (Lipinski definition) is 3. The van der Waals surface area contributed by atoms with Crippen LogP contribution in [0, 0.1) is 11.3 Å². The lowest BCUT2D eigenvalue weighted by atomic mass is 9.66. The second-order valence-corrected chi connectivity index (χ2v) is 5.31. The van der Waals surface area contributed by atoms with Gasteiger partial charge in [0, 0.05) is 6.54 Å². The summed E-state index contributed by atoms with van der Waals surface area (Å²) in [4.78, 5) is 19.7. The van der Waals surface area contributed by atoms with Crippen LogP contribution in [0.4, 0.5) is 13.2 Å². The van der Waals surface area contributed by atoms with E-state index in [1.807, 2.05) is 0 Å². The summed E-state index contributed by atoms with van der Waals surface area (Å²) in [5.74, 6) is -2.76. The largest absolute Gasteiger partial charge is 0.490 e. The van der Waals surface area contributed by atoms with E-state index in [0.717, 1.165) is 19.5 Å². The Bertz CT molecular complexity index is 372. The Kier molecular flexibility index (Phi) is 5.38. The van der Waals surface area contributed by atoms with Crippen LogP contribution in [-0.2, 0) is 9.59 Å². The maximum atomic E-state index is 10.8. The molecule has 2 rings (SSSR count).